The van der Waals surface area contributed by atoms with Crippen molar-refractivity contribution in [3.05, 3.63) is 84.4 Å². The molecule has 0 aromatic heterocycles. The second kappa shape index (κ2) is 6.93. The van der Waals surface area contributed by atoms with Crippen LogP contribution in [0.4, 0.5) is 0 Å². The normalized spacial score (nSPS) is 11.9. The van der Waals surface area contributed by atoms with E-state index in [-0.39, 0.29) is 20.4 Å². The molecule has 0 N–H and O–H groups in total. The lowest BCUT2D eigenvalue weighted by molar-refractivity contribution is 0.486. The van der Waals surface area contributed by atoms with E-state index in [9.17, 15) is 16.8 Å². The average Bonchev–Trinajstić information content (AvgIpc) is 2.63. The highest BCUT2D eigenvalue weighted by atomic mass is 32.2. The molecule has 7 heteroatoms. The summed E-state index contributed by atoms with van der Waals surface area (Å²) in [6.45, 7) is 1.85. The molecule has 0 saturated carbocycles. The fourth-order valence-electron chi connectivity index (χ4n) is 2.30. The maximum Gasteiger partial charge on any atom is 0.339 e. The molecule has 3 aromatic rings. The third kappa shape index (κ3) is 3.79. The van der Waals surface area contributed by atoms with Gasteiger partial charge in [0, 0.05) is 0 Å². The van der Waals surface area contributed by atoms with Crippen LogP contribution >= 0.6 is 0 Å². The highest BCUT2D eigenvalue weighted by molar-refractivity contribution is 7.91. The zero-order valence-electron chi connectivity index (χ0n) is 13.9. The highest BCUT2D eigenvalue weighted by Crippen LogP contribution is 2.25. The number of aryl methyl sites for hydroxylation is 1. The molecule has 0 aliphatic carbocycles. The summed E-state index contributed by atoms with van der Waals surface area (Å²) >= 11 is 0. The van der Waals surface area contributed by atoms with Crippen molar-refractivity contribution >= 4 is 20.0 Å². The van der Waals surface area contributed by atoms with Gasteiger partial charge in [0.05, 0.1) is 9.79 Å². The van der Waals surface area contributed by atoms with Crippen molar-refractivity contribution in [1.82, 2.24) is 0 Å². The molecule has 0 aliphatic heterocycles. The Morgan fingerprint density at radius 1 is 0.654 bits per heavy atom. The molecule has 0 bridgehead atoms. The Hall–Kier alpha value is -2.64. The number of hydrogen-bond donors (Lipinski definition) is 0. The molecule has 0 atom stereocenters. The van der Waals surface area contributed by atoms with Crippen molar-refractivity contribution in [2.24, 2.45) is 0 Å². The maximum atomic E-state index is 12.7. The summed E-state index contributed by atoms with van der Waals surface area (Å²) in [7, 11) is -7.98. The summed E-state index contributed by atoms with van der Waals surface area (Å²) in [6.07, 6.45) is 0. The van der Waals surface area contributed by atoms with Gasteiger partial charge in [-0.1, -0.05) is 42.0 Å². The molecule has 134 valence electrons. The van der Waals surface area contributed by atoms with Crippen molar-refractivity contribution in [2.45, 2.75) is 21.6 Å². The van der Waals surface area contributed by atoms with Crippen LogP contribution in [0.1, 0.15) is 5.56 Å². The second-order valence-corrected chi connectivity index (χ2v) is 9.14. The SMILES string of the molecule is Cc1ccc(S(=O)(=O)c2cccc(S(=O)(=O)Oc3ccccc3)c2)cc1. The van der Waals surface area contributed by atoms with Crippen LogP contribution in [-0.4, -0.2) is 16.8 Å². The van der Waals surface area contributed by atoms with E-state index in [1.807, 2.05) is 6.92 Å². The Kier molecular flexibility index (Phi) is 4.84. The molecule has 3 aromatic carbocycles. The monoisotopic (exact) mass is 388 g/mol. The molecule has 0 heterocycles. The molecule has 0 radical (unpaired) electrons. The summed E-state index contributed by atoms with van der Waals surface area (Å²) in [5, 5.41) is 0. The first-order chi connectivity index (χ1) is 12.3. The van der Waals surface area contributed by atoms with Crippen LogP contribution in [0.15, 0.2) is 93.5 Å². The quantitative estimate of drug-likeness (QED) is 0.624. The predicted molar refractivity (Wildman–Crippen MR) is 97.3 cm³/mol. The lowest BCUT2D eigenvalue weighted by atomic mass is 10.2. The summed E-state index contributed by atoms with van der Waals surface area (Å²) < 4.78 is 55.4. The maximum absolute atomic E-state index is 12.7. The second-order valence-electron chi connectivity index (χ2n) is 5.64. The Morgan fingerprint density at radius 2 is 1.27 bits per heavy atom. The van der Waals surface area contributed by atoms with Gasteiger partial charge in [-0.3, -0.25) is 0 Å². The molecule has 0 aliphatic rings. The van der Waals surface area contributed by atoms with E-state index in [0.29, 0.717) is 0 Å². The van der Waals surface area contributed by atoms with E-state index < -0.39 is 20.0 Å². The van der Waals surface area contributed by atoms with Crippen molar-refractivity contribution in [1.29, 1.82) is 0 Å². The largest absolute Gasteiger partial charge is 0.379 e. The number of para-hydroxylation sites is 1. The van der Waals surface area contributed by atoms with Crippen LogP contribution < -0.4 is 4.18 Å². The number of hydrogen-bond acceptors (Lipinski definition) is 5. The van der Waals surface area contributed by atoms with Gasteiger partial charge in [-0.15, -0.1) is 0 Å². The Labute approximate surface area is 152 Å². The molecular formula is C19H16O5S2. The molecule has 0 spiro atoms. The first-order valence-electron chi connectivity index (χ1n) is 7.70. The van der Waals surface area contributed by atoms with Gasteiger partial charge in [0.2, 0.25) is 9.84 Å². The minimum Gasteiger partial charge on any atom is -0.379 e. The molecule has 0 fully saturated rings. The molecule has 0 unspecified atom stereocenters. The standard InChI is InChI=1S/C19H16O5S2/c1-15-10-12-17(13-11-15)25(20,21)18-8-5-9-19(14-18)26(22,23)24-16-6-3-2-4-7-16/h2-14H,1H3. The summed E-state index contributed by atoms with van der Waals surface area (Å²) in [6, 6.07) is 19.5. The van der Waals surface area contributed by atoms with E-state index in [1.54, 1.807) is 30.3 Å². The molecule has 26 heavy (non-hydrogen) atoms. The van der Waals surface area contributed by atoms with Crippen LogP contribution in [0.5, 0.6) is 5.75 Å². The van der Waals surface area contributed by atoms with Crippen LogP contribution in [0.3, 0.4) is 0 Å². The van der Waals surface area contributed by atoms with Gasteiger partial charge in [0.1, 0.15) is 10.6 Å². The van der Waals surface area contributed by atoms with Gasteiger partial charge in [-0.05, 0) is 49.4 Å². The van der Waals surface area contributed by atoms with E-state index in [2.05, 4.69) is 0 Å². The fourth-order valence-corrected chi connectivity index (χ4v) is 4.66. The summed E-state index contributed by atoms with van der Waals surface area (Å²) in [5.74, 6) is 0.152. The molecule has 5 nitrogen and oxygen atoms in total. The minimum atomic E-state index is -4.15. The van der Waals surface area contributed by atoms with Crippen molar-refractivity contribution in [3.8, 4) is 5.75 Å². The third-order valence-corrected chi connectivity index (χ3v) is 6.70. The lowest BCUT2D eigenvalue weighted by Crippen LogP contribution is -2.11. The number of sulfone groups is 1. The van der Waals surface area contributed by atoms with Crippen molar-refractivity contribution in [3.63, 3.8) is 0 Å². The van der Waals surface area contributed by atoms with Crippen molar-refractivity contribution in [2.75, 3.05) is 0 Å². The van der Waals surface area contributed by atoms with E-state index in [1.165, 1.54) is 42.5 Å². The Morgan fingerprint density at radius 3 is 1.92 bits per heavy atom. The van der Waals surface area contributed by atoms with Crippen LogP contribution in [-0.2, 0) is 20.0 Å². The minimum absolute atomic E-state index is 0.0987. The van der Waals surface area contributed by atoms with Gasteiger partial charge in [0.25, 0.3) is 0 Å². The fraction of sp³-hybridized carbons (Fsp3) is 0.0526. The van der Waals surface area contributed by atoms with E-state index in [4.69, 9.17) is 4.18 Å². The number of benzene rings is 3. The highest BCUT2D eigenvalue weighted by Gasteiger charge is 2.22. The molecule has 0 saturated heterocycles. The van der Waals surface area contributed by atoms with E-state index in [0.717, 1.165) is 11.6 Å². The molecule has 3 rings (SSSR count). The Balaban J connectivity index is 1.99. The zero-order chi connectivity index (χ0) is 18.8. The zero-order valence-corrected chi connectivity index (χ0v) is 15.5. The van der Waals surface area contributed by atoms with Crippen molar-refractivity contribution < 1.29 is 21.0 Å². The van der Waals surface area contributed by atoms with Crippen LogP contribution in [0.25, 0.3) is 0 Å². The third-order valence-electron chi connectivity index (χ3n) is 3.68. The topological polar surface area (TPSA) is 77.5 Å². The van der Waals surface area contributed by atoms with Gasteiger partial charge in [-0.2, -0.15) is 8.42 Å². The first-order valence-corrected chi connectivity index (χ1v) is 10.6. The summed E-state index contributed by atoms with van der Waals surface area (Å²) in [4.78, 5) is -0.241. The predicted octanol–water partition coefficient (Wildman–Crippen LogP) is 3.60. The average molecular weight is 388 g/mol. The van der Waals surface area contributed by atoms with Gasteiger partial charge in [-0.25, -0.2) is 8.42 Å². The molecular weight excluding hydrogens is 372 g/mol. The molecule has 0 amide bonds. The lowest BCUT2D eigenvalue weighted by Gasteiger charge is -2.09. The smallest absolute Gasteiger partial charge is 0.339 e. The van der Waals surface area contributed by atoms with Crippen LogP contribution in [0, 0.1) is 6.92 Å². The van der Waals surface area contributed by atoms with Crippen LogP contribution in [0.2, 0.25) is 0 Å². The van der Waals surface area contributed by atoms with Gasteiger partial charge in [0.15, 0.2) is 0 Å². The first kappa shape index (κ1) is 18.2. The number of rotatable bonds is 5. The Bertz CT molecular complexity index is 1120. The van der Waals surface area contributed by atoms with E-state index >= 15 is 0 Å². The van der Waals surface area contributed by atoms with Gasteiger partial charge >= 0.3 is 10.1 Å². The van der Waals surface area contributed by atoms with Gasteiger partial charge < -0.3 is 4.18 Å². The summed E-state index contributed by atoms with van der Waals surface area (Å²) in [5.41, 5.74) is 0.927.